The van der Waals surface area contributed by atoms with Crippen molar-refractivity contribution in [1.82, 2.24) is 0 Å². The highest BCUT2D eigenvalue weighted by Gasteiger charge is 2.28. The van der Waals surface area contributed by atoms with Crippen molar-refractivity contribution in [2.75, 3.05) is 10.6 Å². The van der Waals surface area contributed by atoms with Crippen LogP contribution in [-0.2, 0) is 12.8 Å². The zero-order valence-electron chi connectivity index (χ0n) is 16.9. The van der Waals surface area contributed by atoms with E-state index in [1.165, 1.54) is 16.2 Å². The van der Waals surface area contributed by atoms with Crippen LogP contribution in [0.5, 0.6) is 0 Å². The molecule has 2 amide bonds. The lowest BCUT2D eigenvalue weighted by atomic mass is 9.88. The van der Waals surface area contributed by atoms with Crippen molar-refractivity contribution in [3.05, 3.63) is 80.7 Å². The van der Waals surface area contributed by atoms with Gasteiger partial charge in [-0.15, -0.1) is 11.3 Å². The molecule has 0 bridgehead atoms. The third-order valence-corrected chi connectivity index (χ3v) is 7.10. The van der Waals surface area contributed by atoms with Gasteiger partial charge in [0.15, 0.2) is 0 Å². The van der Waals surface area contributed by atoms with Crippen LogP contribution in [0.2, 0.25) is 5.02 Å². The highest BCUT2D eigenvalue weighted by atomic mass is 35.5. The summed E-state index contributed by atoms with van der Waals surface area (Å²) in [4.78, 5) is 27.3. The molecule has 1 aliphatic rings. The summed E-state index contributed by atoms with van der Waals surface area (Å²) in [6.45, 7) is 4.10. The average molecular weight is 439 g/mol. The molecule has 0 radical (unpaired) electrons. The van der Waals surface area contributed by atoms with Crippen molar-refractivity contribution in [3.63, 3.8) is 0 Å². The summed E-state index contributed by atoms with van der Waals surface area (Å²) < 4.78 is 0. The molecule has 1 aliphatic carbocycles. The van der Waals surface area contributed by atoms with Gasteiger partial charge in [0.25, 0.3) is 11.8 Å². The largest absolute Gasteiger partial charge is 0.322 e. The molecule has 0 spiro atoms. The minimum absolute atomic E-state index is 0.212. The Labute approximate surface area is 185 Å². The number of benzene rings is 2. The summed E-state index contributed by atoms with van der Waals surface area (Å²) >= 11 is 7.73. The number of amides is 2. The van der Waals surface area contributed by atoms with Crippen molar-refractivity contribution in [2.45, 2.75) is 33.1 Å². The Balaban J connectivity index is 1.69. The maximum atomic E-state index is 13.3. The minimum atomic E-state index is -0.213. The number of halogens is 1. The first-order valence-corrected chi connectivity index (χ1v) is 11.2. The van der Waals surface area contributed by atoms with Gasteiger partial charge in [-0.25, -0.2) is 0 Å². The van der Waals surface area contributed by atoms with Gasteiger partial charge in [-0.3, -0.25) is 9.59 Å². The highest BCUT2D eigenvalue weighted by Crippen LogP contribution is 2.40. The molecule has 1 aromatic heterocycles. The van der Waals surface area contributed by atoms with Crippen molar-refractivity contribution < 1.29 is 9.59 Å². The van der Waals surface area contributed by atoms with Crippen molar-refractivity contribution >= 4 is 45.4 Å². The van der Waals surface area contributed by atoms with Gasteiger partial charge in [0.1, 0.15) is 5.00 Å². The maximum Gasteiger partial charge on any atom is 0.258 e. The molecule has 1 atom stereocenters. The third kappa shape index (κ3) is 4.13. The molecule has 0 saturated heterocycles. The van der Waals surface area contributed by atoms with Gasteiger partial charge in [0, 0.05) is 21.2 Å². The SMILES string of the molecule is Cc1c(Cl)cccc1NC(=O)c1c(NC(=O)c2ccccc2)sc2c1CCC(C)C2. The molecule has 4 nitrogen and oxygen atoms in total. The normalized spacial score (nSPS) is 15.4. The van der Waals surface area contributed by atoms with Crippen LogP contribution in [-0.4, -0.2) is 11.8 Å². The third-order valence-electron chi connectivity index (χ3n) is 5.52. The number of hydrogen-bond acceptors (Lipinski definition) is 3. The molecular formula is C24H23ClN2O2S. The maximum absolute atomic E-state index is 13.3. The van der Waals surface area contributed by atoms with Crippen LogP contribution in [0.25, 0.3) is 0 Å². The molecule has 2 aromatic carbocycles. The minimum Gasteiger partial charge on any atom is -0.322 e. The van der Waals surface area contributed by atoms with Crippen molar-refractivity contribution in [3.8, 4) is 0 Å². The van der Waals surface area contributed by atoms with E-state index in [1.54, 1.807) is 18.2 Å². The molecule has 30 heavy (non-hydrogen) atoms. The molecule has 154 valence electrons. The lowest BCUT2D eigenvalue weighted by Gasteiger charge is -2.19. The summed E-state index contributed by atoms with van der Waals surface area (Å²) in [6, 6.07) is 14.5. The Kier molecular flexibility index (Phi) is 5.93. The van der Waals surface area contributed by atoms with E-state index in [4.69, 9.17) is 11.6 Å². The van der Waals surface area contributed by atoms with Crippen LogP contribution in [0, 0.1) is 12.8 Å². The Hall–Kier alpha value is -2.63. The Morgan fingerprint density at radius 2 is 1.80 bits per heavy atom. The summed E-state index contributed by atoms with van der Waals surface area (Å²) in [5.41, 5.74) is 3.69. The first kappa shape index (κ1) is 20.6. The standard InChI is InChI=1S/C24H23ClN2O2S/c1-14-11-12-17-20(13-14)30-24(27-22(28)16-7-4-3-5-8-16)21(17)23(29)26-19-10-6-9-18(25)15(19)2/h3-10,14H,11-13H2,1-2H3,(H,26,29)(H,27,28). The Morgan fingerprint density at radius 3 is 2.57 bits per heavy atom. The molecule has 3 aromatic rings. The first-order chi connectivity index (χ1) is 14.4. The predicted octanol–water partition coefficient (Wildman–Crippen LogP) is 6.34. The van der Waals surface area contributed by atoms with E-state index in [-0.39, 0.29) is 11.8 Å². The van der Waals surface area contributed by atoms with Crippen LogP contribution >= 0.6 is 22.9 Å². The van der Waals surface area contributed by atoms with Crippen LogP contribution in [0.3, 0.4) is 0 Å². The lowest BCUT2D eigenvalue weighted by molar-refractivity contribution is 0.102. The van der Waals surface area contributed by atoms with E-state index in [1.807, 2.05) is 37.3 Å². The first-order valence-electron chi connectivity index (χ1n) is 10.0. The molecule has 1 heterocycles. The number of fused-ring (bicyclic) bond motifs is 1. The van der Waals surface area contributed by atoms with Gasteiger partial charge in [0.05, 0.1) is 5.56 Å². The summed E-state index contributed by atoms with van der Waals surface area (Å²) in [7, 11) is 0. The second-order valence-electron chi connectivity index (χ2n) is 7.74. The fourth-order valence-electron chi connectivity index (χ4n) is 3.77. The second kappa shape index (κ2) is 8.62. The van der Waals surface area contributed by atoms with E-state index in [2.05, 4.69) is 17.6 Å². The molecule has 0 saturated carbocycles. The lowest BCUT2D eigenvalue weighted by Crippen LogP contribution is -2.19. The van der Waals surface area contributed by atoms with E-state index in [9.17, 15) is 9.59 Å². The molecule has 2 N–H and O–H groups in total. The van der Waals surface area contributed by atoms with Crippen LogP contribution in [0.4, 0.5) is 10.7 Å². The van der Waals surface area contributed by atoms with Gasteiger partial charge in [0.2, 0.25) is 0 Å². The van der Waals surface area contributed by atoms with Crippen molar-refractivity contribution in [1.29, 1.82) is 0 Å². The van der Waals surface area contributed by atoms with Gasteiger partial charge in [-0.1, -0.05) is 42.8 Å². The van der Waals surface area contributed by atoms with Gasteiger partial charge in [-0.2, -0.15) is 0 Å². The monoisotopic (exact) mass is 438 g/mol. The van der Waals surface area contributed by atoms with Crippen LogP contribution in [0.1, 0.15) is 50.1 Å². The number of rotatable bonds is 4. The molecule has 4 rings (SSSR count). The Bertz CT molecular complexity index is 1110. The zero-order chi connectivity index (χ0) is 21.3. The molecule has 0 aliphatic heterocycles. The molecule has 1 unspecified atom stereocenters. The van der Waals surface area contributed by atoms with E-state index in [0.29, 0.717) is 32.8 Å². The zero-order valence-corrected chi connectivity index (χ0v) is 18.5. The number of carbonyl (C=O) groups is 2. The summed E-state index contributed by atoms with van der Waals surface area (Å²) in [5.74, 6) is 0.144. The van der Waals surface area contributed by atoms with Crippen LogP contribution < -0.4 is 10.6 Å². The Morgan fingerprint density at radius 1 is 1.03 bits per heavy atom. The number of hydrogen-bond donors (Lipinski definition) is 2. The van der Waals surface area contributed by atoms with Gasteiger partial charge in [-0.05, 0) is 67.5 Å². The van der Waals surface area contributed by atoms with Gasteiger partial charge < -0.3 is 10.6 Å². The smallest absolute Gasteiger partial charge is 0.258 e. The van der Waals surface area contributed by atoms with Crippen LogP contribution in [0.15, 0.2) is 48.5 Å². The fraction of sp³-hybridized carbons (Fsp3) is 0.250. The molecule has 6 heteroatoms. The van der Waals surface area contributed by atoms with E-state index in [0.717, 1.165) is 30.4 Å². The number of thiophene rings is 1. The number of carbonyl (C=O) groups excluding carboxylic acids is 2. The van der Waals surface area contributed by atoms with E-state index < -0.39 is 0 Å². The van der Waals surface area contributed by atoms with Crippen molar-refractivity contribution in [2.24, 2.45) is 5.92 Å². The van der Waals surface area contributed by atoms with E-state index >= 15 is 0 Å². The van der Waals surface area contributed by atoms with Gasteiger partial charge >= 0.3 is 0 Å². The fourth-order valence-corrected chi connectivity index (χ4v) is 5.35. The second-order valence-corrected chi connectivity index (χ2v) is 9.25. The molecule has 0 fully saturated rings. The topological polar surface area (TPSA) is 58.2 Å². The predicted molar refractivity (Wildman–Crippen MR) is 124 cm³/mol. The number of nitrogens with one attached hydrogen (secondary N) is 2. The number of anilines is 2. The molecular weight excluding hydrogens is 416 g/mol. The summed E-state index contributed by atoms with van der Waals surface area (Å²) in [6.07, 6.45) is 2.80. The highest BCUT2D eigenvalue weighted by molar-refractivity contribution is 7.17. The average Bonchev–Trinajstić information content (AvgIpc) is 3.08. The quantitative estimate of drug-likeness (QED) is 0.499. The summed E-state index contributed by atoms with van der Waals surface area (Å²) in [5, 5.41) is 7.20.